The van der Waals surface area contributed by atoms with Crippen molar-refractivity contribution in [1.82, 2.24) is 5.32 Å². The lowest BCUT2D eigenvalue weighted by molar-refractivity contribution is -0.147. The summed E-state index contributed by atoms with van der Waals surface area (Å²) in [5.41, 5.74) is 5.36. The Morgan fingerprint density at radius 2 is 2.07 bits per heavy atom. The van der Waals surface area contributed by atoms with Gasteiger partial charge in [0, 0.05) is 25.4 Å². The Kier molecular flexibility index (Phi) is 6.64. The Morgan fingerprint density at radius 1 is 1.47 bits per heavy atom. The number of rotatable bonds is 7. The first-order valence-electron chi connectivity index (χ1n) is 4.91. The summed E-state index contributed by atoms with van der Waals surface area (Å²) in [6, 6.07) is 0. The molecule has 0 heterocycles. The molecule has 0 aliphatic carbocycles. The Balaban J connectivity index is 3.76. The molecule has 1 amide bonds. The monoisotopic (exact) mass is 218 g/mol. The molecule has 0 aliphatic heterocycles. The molecule has 5 N–H and O–H groups in total. The molecule has 0 saturated heterocycles. The van der Waals surface area contributed by atoms with Crippen molar-refractivity contribution in [3.8, 4) is 0 Å². The van der Waals surface area contributed by atoms with E-state index in [1.807, 2.05) is 6.92 Å². The number of nitrogens with two attached hydrogens (primary N) is 1. The van der Waals surface area contributed by atoms with Gasteiger partial charge in [0.05, 0.1) is 0 Å². The fraction of sp³-hybridized carbons (Fsp3) is 0.778. The number of amides is 1. The molecular formula is C9H18N2O4. The lowest BCUT2D eigenvalue weighted by Gasteiger charge is -2.13. The van der Waals surface area contributed by atoms with Crippen LogP contribution in [-0.2, 0) is 9.59 Å². The molecule has 88 valence electrons. The molecule has 0 aromatic heterocycles. The number of nitrogens with one attached hydrogen (secondary N) is 1. The van der Waals surface area contributed by atoms with E-state index in [1.54, 1.807) is 0 Å². The highest BCUT2D eigenvalue weighted by molar-refractivity contribution is 5.78. The molecule has 0 aliphatic rings. The highest BCUT2D eigenvalue weighted by Gasteiger charge is 2.16. The van der Waals surface area contributed by atoms with Crippen molar-refractivity contribution in [3.05, 3.63) is 0 Å². The average Bonchev–Trinajstić information content (AvgIpc) is 2.19. The molecule has 1 unspecified atom stereocenters. The molecule has 15 heavy (non-hydrogen) atoms. The third-order valence-corrected chi connectivity index (χ3v) is 2.15. The van der Waals surface area contributed by atoms with Gasteiger partial charge in [-0.15, -0.1) is 0 Å². The van der Waals surface area contributed by atoms with Gasteiger partial charge in [-0.2, -0.15) is 0 Å². The van der Waals surface area contributed by atoms with E-state index in [-0.39, 0.29) is 31.3 Å². The van der Waals surface area contributed by atoms with Crippen molar-refractivity contribution in [2.45, 2.75) is 25.9 Å². The minimum absolute atomic E-state index is 0.00206. The van der Waals surface area contributed by atoms with Crippen molar-refractivity contribution < 1.29 is 19.8 Å². The Hall–Kier alpha value is -1.14. The second-order valence-corrected chi connectivity index (χ2v) is 3.27. The van der Waals surface area contributed by atoms with Crippen molar-refractivity contribution >= 4 is 11.9 Å². The number of carboxylic acid groups (broad SMARTS) is 1. The highest BCUT2D eigenvalue weighted by Crippen LogP contribution is 1.99. The molecule has 0 aromatic rings. The van der Waals surface area contributed by atoms with Crippen LogP contribution in [0, 0.1) is 5.92 Å². The number of carboxylic acids is 1. The van der Waals surface area contributed by atoms with E-state index < -0.39 is 12.1 Å². The van der Waals surface area contributed by atoms with Crippen LogP contribution >= 0.6 is 0 Å². The average molecular weight is 218 g/mol. The summed E-state index contributed by atoms with van der Waals surface area (Å²) in [6.45, 7) is 2.26. The summed E-state index contributed by atoms with van der Waals surface area (Å²) < 4.78 is 0. The first-order chi connectivity index (χ1) is 7.02. The van der Waals surface area contributed by atoms with Gasteiger partial charge >= 0.3 is 5.97 Å². The minimum Gasteiger partial charge on any atom is -0.479 e. The number of aliphatic hydroxyl groups is 1. The van der Waals surface area contributed by atoms with E-state index in [4.69, 9.17) is 15.9 Å². The van der Waals surface area contributed by atoms with E-state index in [1.165, 1.54) is 0 Å². The standard InChI is InChI=1S/C9H18N2O4/c1-2-6(5-10)8(13)11-4-3-7(12)9(14)15/h6-7,12H,2-5,10H2,1H3,(H,11,13)(H,14,15)/t6?,7-/m0/s1. The molecular weight excluding hydrogens is 200 g/mol. The topological polar surface area (TPSA) is 113 Å². The highest BCUT2D eigenvalue weighted by atomic mass is 16.4. The first-order valence-corrected chi connectivity index (χ1v) is 4.91. The molecule has 2 atom stereocenters. The van der Waals surface area contributed by atoms with Crippen molar-refractivity contribution in [1.29, 1.82) is 0 Å². The maximum absolute atomic E-state index is 11.3. The summed E-state index contributed by atoms with van der Waals surface area (Å²) in [4.78, 5) is 21.6. The maximum atomic E-state index is 11.3. The second kappa shape index (κ2) is 7.19. The number of hydrogen-bond acceptors (Lipinski definition) is 4. The number of carbonyl (C=O) groups is 2. The van der Waals surface area contributed by atoms with Gasteiger partial charge in [-0.25, -0.2) is 4.79 Å². The fourth-order valence-electron chi connectivity index (χ4n) is 1.06. The minimum atomic E-state index is -1.43. The molecule has 0 saturated carbocycles. The second-order valence-electron chi connectivity index (χ2n) is 3.27. The lowest BCUT2D eigenvalue weighted by Crippen LogP contribution is -2.36. The summed E-state index contributed by atoms with van der Waals surface area (Å²) in [5.74, 6) is -1.72. The van der Waals surface area contributed by atoms with Crippen LogP contribution in [0.1, 0.15) is 19.8 Å². The maximum Gasteiger partial charge on any atom is 0.332 e. The van der Waals surface area contributed by atoms with Crippen molar-refractivity contribution in [3.63, 3.8) is 0 Å². The molecule has 0 bridgehead atoms. The van der Waals surface area contributed by atoms with E-state index >= 15 is 0 Å². The van der Waals surface area contributed by atoms with Gasteiger partial charge in [-0.1, -0.05) is 6.92 Å². The number of hydrogen-bond donors (Lipinski definition) is 4. The predicted octanol–water partition coefficient (Wildman–Crippen LogP) is -1.08. The molecule has 0 rings (SSSR count). The molecule has 6 nitrogen and oxygen atoms in total. The molecule has 0 spiro atoms. The largest absolute Gasteiger partial charge is 0.479 e. The zero-order chi connectivity index (χ0) is 11.8. The van der Waals surface area contributed by atoms with Gasteiger partial charge in [0.15, 0.2) is 6.10 Å². The van der Waals surface area contributed by atoms with Crippen LogP contribution in [-0.4, -0.2) is 41.3 Å². The van der Waals surface area contributed by atoms with Crippen LogP contribution in [0.3, 0.4) is 0 Å². The predicted molar refractivity (Wildman–Crippen MR) is 54.1 cm³/mol. The first kappa shape index (κ1) is 13.9. The van der Waals surface area contributed by atoms with Gasteiger partial charge in [-0.05, 0) is 6.42 Å². The molecule has 6 heteroatoms. The van der Waals surface area contributed by atoms with Crippen LogP contribution in [0.4, 0.5) is 0 Å². The van der Waals surface area contributed by atoms with Crippen LogP contribution in [0.2, 0.25) is 0 Å². The smallest absolute Gasteiger partial charge is 0.332 e. The molecule has 0 fully saturated rings. The van der Waals surface area contributed by atoms with Crippen LogP contribution in [0.15, 0.2) is 0 Å². The third kappa shape index (κ3) is 5.34. The molecule has 0 aromatic carbocycles. The fourth-order valence-corrected chi connectivity index (χ4v) is 1.06. The Bertz CT molecular complexity index is 216. The number of aliphatic hydroxyl groups excluding tert-OH is 1. The Labute approximate surface area is 88.5 Å². The van der Waals surface area contributed by atoms with Gasteiger partial charge in [0.1, 0.15) is 0 Å². The Morgan fingerprint density at radius 3 is 2.47 bits per heavy atom. The van der Waals surface area contributed by atoms with Crippen LogP contribution < -0.4 is 11.1 Å². The van der Waals surface area contributed by atoms with E-state index in [9.17, 15) is 9.59 Å². The van der Waals surface area contributed by atoms with Crippen molar-refractivity contribution in [2.75, 3.05) is 13.1 Å². The summed E-state index contributed by atoms with van der Waals surface area (Å²) in [6.07, 6.45) is -0.783. The van der Waals surface area contributed by atoms with E-state index in [0.29, 0.717) is 6.42 Å². The zero-order valence-electron chi connectivity index (χ0n) is 8.77. The van der Waals surface area contributed by atoms with Gasteiger partial charge in [0.25, 0.3) is 0 Å². The van der Waals surface area contributed by atoms with E-state index in [0.717, 1.165) is 0 Å². The third-order valence-electron chi connectivity index (χ3n) is 2.15. The quantitative estimate of drug-likeness (QED) is 0.434. The van der Waals surface area contributed by atoms with Gasteiger partial charge < -0.3 is 21.3 Å². The zero-order valence-corrected chi connectivity index (χ0v) is 8.77. The van der Waals surface area contributed by atoms with Gasteiger partial charge in [0.2, 0.25) is 5.91 Å². The molecule has 0 radical (unpaired) electrons. The summed E-state index contributed by atoms with van der Waals surface area (Å²) in [5, 5.41) is 19.8. The van der Waals surface area contributed by atoms with Crippen LogP contribution in [0.25, 0.3) is 0 Å². The van der Waals surface area contributed by atoms with Crippen molar-refractivity contribution in [2.24, 2.45) is 11.7 Å². The normalized spacial score (nSPS) is 14.3. The van der Waals surface area contributed by atoms with Gasteiger partial charge in [-0.3, -0.25) is 4.79 Å². The number of aliphatic carboxylic acids is 1. The summed E-state index contributed by atoms with van der Waals surface area (Å²) in [7, 11) is 0. The summed E-state index contributed by atoms with van der Waals surface area (Å²) >= 11 is 0. The van der Waals surface area contributed by atoms with Crippen LogP contribution in [0.5, 0.6) is 0 Å². The van der Waals surface area contributed by atoms with E-state index in [2.05, 4.69) is 5.32 Å². The SMILES string of the molecule is CCC(CN)C(=O)NCC[C@H](O)C(=O)O. The lowest BCUT2D eigenvalue weighted by atomic mass is 10.1. The number of carbonyl (C=O) groups excluding carboxylic acids is 1.